The lowest BCUT2D eigenvalue weighted by atomic mass is 10.2. The molecular formula is C10H15ClO2. The topological polar surface area (TPSA) is 26.3 Å². The SMILES string of the molecule is C=C/C=C(\C(=C)OC)C(=O)Cl.CC. The third kappa shape index (κ3) is 6.17. The number of hydrogen-bond donors (Lipinski definition) is 0. The Bertz CT molecular complexity index is 217. The molecule has 13 heavy (non-hydrogen) atoms. The van der Waals surface area contributed by atoms with Crippen LogP contribution in [0, 0.1) is 0 Å². The van der Waals surface area contributed by atoms with Crippen molar-refractivity contribution in [2.45, 2.75) is 13.8 Å². The van der Waals surface area contributed by atoms with Crippen LogP contribution in [-0.2, 0) is 9.53 Å². The van der Waals surface area contributed by atoms with Gasteiger partial charge in [0.15, 0.2) is 0 Å². The lowest BCUT2D eigenvalue weighted by molar-refractivity contribution is -0.108. The van der Waals surface area contributed by atoms with E-state index in [4.69, 9.17) is 16.3 Å². The predicted molar refractivity (Wildman–Crippen MR) is 56.6 cm³/mol. The summed E-state index contributed by atoms with van der Waals surface area (Å²) in [5.74, 6) is 0.241. The fourth-order valence-electron chi connectivity index (χ4n) is 0.496. The molecule has 0 aromatic heterocycles. The molecule has 0 amide bonds. The molecule has 0 aliphatic carbocycles. The van der Waals surface area contributed by atoms with Crippen LogP contribution in [-0.4, -0.2) is 12.4 Å². The minimum atomic E-state index is -0.600. The summed E-state index contributed by atoms with van der Waals surface area (Å²) in [6.45, 7) is 10.9. The zero-order valence-electron chi connectivity index (χ0n) is 8.26. The number of allylic oxidation sites excluding steroid dienone is 3. The molecule has 2 nitrogen and oxygen atoms in total. The van der Waals surface area contributed by atoms with Crippen LogP contribution in [0.3, 0.4) is 0 Å². The second-order valence-electron chi connectivity index (χ2n) is 1.72. The highest BCUT2D eigenvalue weighted by Crippen LogP contribution is 2.11. The van der Waals surface area contributed by atoms with Crippen molar-refractivity contribution in [3.63, 3.8) is 0 Å². The van der Waals surface area contributed by atoms with Gasteiger partial charge < -0.3 is 4.74 Å². The zero-order chi connectivity index (χ0) is 10.9. The molecule has 0 bridgehead atoms. The van der Waals surface area contributed by atoms with Gasteiger partial charge in [-0.1, -0.05) is 33.1 Å². The standard InChI is InChI=1S/C8H9ClO2.C2H6/c1-4-5-7(8(9)10)6(2)11-3;1-2/h4-5H,1-2H2,3H3;1-2H3/b7-5+;. The van der Waals surface area contributed by atoms with E-state index in [9.17, 15) is 4.79 Å². The Morgan fingerprint density at radius 1 is 1.46 bits per heavy atom. The summed E-state index contributed by atoms with van der Waals surface area (Å²) in [4.78, 5) is 10.6. The molecule has 0 aromatic rings. The number of ether oxygens (including phenoxy) is 1. The first kappa shape index (κ1) is 14.5. The molecule has 0 spiro atoms. The molecule has 0 N–H and O–H groups in total. The Kier molecular flexibility index (Phi) is 10.1. The van der Waals surface area contributed by atoms with Gasteiger partial charge >= 0.3 is 0 Å². The first-order chi connectivity index (χ1) is 6.13. The second kappa shape index (κ2) is 9.07. The molecule has 3 heteroatoms. The molecule has 0 radical (unpaired) electrons. The molecule has 0 aromatic carbocycles. The van der Waals surface area contributed by atoms with Gasteiger partial charge in [-0.3, -0.25) is 4.79 Å². The Morgan fingerprint density at radius 3 is 2.15 bits per heavy atom. The van der Waals surface area contributed by atoms with Crippen molar-refractivity contribution in [3.05, 3.63) is 36.6 Å². The molecule has 0 fully saturated rings. The molecule has 0 atom stereocenters. The molecule has 0 aliphatic heterocycles. The maximum atomic E-state index is 10.6. The number of rotatable bonds is 4. The molecule has 0 rings (SSSR count). The van der Waals surface area contributed by atoms with Gasteiger partial charge in [0.25, 0.3) is 5.24 Å². The highest BCUT2D eigenvalue weighted by atomic mass is 35.5. The van der Waals surface area contributed by atoms with Gasteiger partial charge in [0.1, 0.15) is 5.76 Å². The number of halogens is 1. The Morgan fingerprint density at radius 2 is 1.92 bits per heavy atom. The zero-order valence-corrected chi connectivity index (χ0v) is 9.02. The number of hydrogen-bond acceptors (Lipinski definition) is 2. The average molecular weight is 203 g/mol. The van der Waals surface area contributed by atoms with Crippen molar-refractivity contribution in [1.82, 2.24) is 0 Å². The van der Waals surface area contributed by atoms with Crippen LogP contribution in [0.25, 0.3) is 0 Å². The van der Waals surface area contributed by atoms with Gasteiger partial charge in [-0.15, -0.1) is 0 Å². The van der Waals surface area contributed by atoms with Crippen LogP contribution in [0.5, 0.6) is 0 Å². The Hall–Kier alpha value is -1.02. The van der Waals surface area contributed by atoms with Crippen LogP contribution >= 0.6 is 11.6 Å². The highest BCUT2D eigenvalue weighted by molar-refractivity contribution is 6.68. The van der Waals surface area contributed by atoms with Crippen molar-refractivity contribution >= 4 is 16.8 Å². The molecule has 74 valence electrons. The summed E-state index contributed by atoms with van der Waals surface area (Å²) in [6.07, 6.45) is 2.89. The van der Waals surface area contributed by atoms with E-state index in [-0.39, 0.29) is 11.3 Å². The van der Waals surface area contributed by atoms with Gasteiger partial charge in [0, 0.05) is 0 Å². The van der Waals surface area contributed by atoms with Crippen molar-refractivity contribution < 1.29 is 9.53 Å². The molecule has 0 heterocycles. The Labute approximate surface area is 84.5 Å². The van der Waals surface area contributed by atoms with Crippen molar-refractivity contribution in [1.29, 1.82) is 0 Å². The number of carbonyl (C=O) groups is 1. The normalized spacial score (nSPS) is 9.38. The summed E-state index contributed by atoms with van der Waals surface area (Å²) in [6, 6.07) is 0. The summed E-state index contributed by atoms with van der Waals surface area (Å²) in [5, 5.41) is -0.600. The lowest BCUT2D eigenvalue weighted by Crippen LogP contribution is -1.98. The van der Waals surface area contributed by atoms with Crippen LogP contribution < -0.4 is 0 Å². The van der Waals surface area contributed by atoms with E-state index in [1.807, 2.05) is 13.8 Å². The maximum absolute atomic E-state index is 10.6. The van der Waals surface area contributed by atoms with E-state index >= 15 is 0 Å². The fraction of sp³-hybridized carbons (Fsp3) is 0.300. The van der Waals surface area contributed by atoms with E-state index in [1.54, 1.807) is 0 Å². The van der Waals surface area contributed by atoms with E-state index in [1.165, 1.54) is 19.3 Å². The first-order valence-electron chi connectivity index (χ1n) is 3.89. The summed E-state index contributed by atoms with van der Waals surface area (Å²) < 4.78 is 4.71. The van der Waals surface area contributed by atoms with Crippen LogP contribution in [0.4, 0.5) is 0 Å². The summed E-state index contributed by atoms with van der Waals surface area (Å²) in [7, 11) is 1.42. The number of methoxy groups -OCH3 is 1. The summed E-state index contributed by atoms with van der Waals surface area (Å²) in [5.41, 5.74) is 0.226. The largest absolute Gasteiger partial charge is 0.497 e. The smallest absolute Gasteiger partial charge is 0.256 e. The minimum absolute atomic E-state index is 0.226. The van der Waals surface area contributed by atoms with Crippen molar-refractivity contribution in [2.75, 3.05) is 7.11 Å². The Balaban J connectivity index is 0. The minimum Gasteiger partial charge on any atom is -0.497 e. The van der Waals surface area contributed by atoms with Crippen LogP contribution in [0.15, 0.2) is 36.6 Å². The highest BCUT2D eigenvalue weighted by Gasteiger charge is 2.08. The first-order valence-corrected chi connectivity index (χ1v) is 4.27. The third-order valence-electron chi connectivity index (χ3n) is 1.04. The predicted octanol–water partition coefficient (Wildman–Crippen LogP) is 3.05. The molecule has 0 saturated carbocycles. The molecule has 0 aliphatic rings. The van der Waals surface area contributed by atoms with E-state index < -0.39 is 5.24 Å². The molecule has 0 saturated heterocycles. The quantitative estimate of drug-likeness (QED) is 0.303. The van der Waals surface area contributed by atoms with Crippen LogP contribution in [0.2, 0.25) is 0 Å². The lowest BCUT2D eigenvalue weighted by Gasteiger charge is -2.02. The van der Waals surface area contributed by atoms with Gasteiger partial charge in [-0.05, 0) is 17.7 Å². The van der Waals surface area contributed by atoms with E-state index in [2.05, 4.69) is 13.2 Å². The molecule has 0 unspecified atom stereocenters. The molecular weight excluding hydrogens is 188 g/mol. The number of carbonyl (C=O) groups excluding carboxylic acids is 1. The van der Waals surface area contributed by atoms with Gasteiger partial charge in [0.2, 0.25) is 0 Å². The monoisotopic (exact) mass is 202 g/mol. The maximum Gasteiger partial charge on any atom is 0.256 e. The average Bonchev–Trinajstić information content (AvgIpc) is 2.15. The van der Waals surface area contributed by atoms with Crippen molar-refractivity contribution in [2.24, 2.45) is 0 Å². The third-order valence-corrected chi connectivity index (χ3v) is 1.25. The summed E-state index contributed by atoms with van der Waals surface area (Å²) >= 11 is 5.20. The second-order valence-corrected chi connectivity index (χ2v) is 2.06. The van der Waals surface area contributed by atoms with Gasteiger partial charge in [0.05, 0.1) is 12.7 Å². The van der Waals surface area contributed by atoms with Crippen LogP contribution in [0.1, 0.15) is 13.8 Å². The fourth-order valence-corrected chi connectivity index (χ4v) is 0.664. The van der Waals surface area contributed by atoms with E-state index in [0.717, 1.165) is 0 Å². The van der Waals surface area contributed by atoms with Gasteiger partial charge in [-0.2, -0.15) is 0 Å². The van der Waals surface area contributed by atoms with Gasteiger partial charge in [-0.25, -0.2) is 0 Å². The van der Waals surface area contributed by atoms with E-state index in [0.29, 0.717) is 0 Å². The van der Waals surface area contributed by atoms with Crippen molar-refractivity contribution in [3.8, 4) is 0 Å².